The predicted octanol–water partition coefficient (Wildman–Crippen LogP) is 4.03. The van der Waals surface area contributed by atoms with Crippen molar-refractivity contribution in [2.45, 2.75) is 59.3 Å². The molecule has 0 aliphatic rings. The summed E-state index contributed by atoms with van der Waals surface area (Å²) >= 11 is 0. The number of aryl methyl sites for hydroxylation is 2. The van der Waals surface area contributed by atoms with E-state index in [1.54, 1.807) is 13.8 Å². The van der Waals surface area contributed by atoms with E-state index in [0.29, 0.717) is 17.8 Å². The first-order valence-corrected chi connectivity index (χ1v) is 9.57. The molecule has 2 aromatic rings. The van der Waals surface area contributed by atoms with Crippen LogP contribution >= 0.6 is 0 Å². The molecular weight excluding hydrogens is 354 g/mol. The van der Waals surface area contributed by atoms with Gasteiger partial charge in [0.2, 0.25) is 0 Å². The summed E-state index contributed by atoms with van der Waals surface area (Å²) in [5.74, 6) is -1.70. The molecule has 0 saturated carbocycles. The number of carbonyl (C=O) groups is 2. The highest BCUT2D eigenvalue weighted by molar-refractivity contribution is 5.92. The number of carboxylic acid groups (broad SMARTS) is 1. The molecule has 0 spiro atoms. The fraction of sp³-hybridized carbons (Fsp3) is 0.455. The molecular formula is C22H29N3O3. The van der Waals surface area contributed by atoms with E-state index in [0.717, 1.165) is 29.7 Å². The van der Waals surface area contributed by atoms with Gasteiger partial charge in [0.25, 0.3) is 5.91 Å². The first-order valence-electron chi connectivity index (χ1n) is 9.57. The number of carboxylic acids is 1. The van der Waals surface area contributed by atoms with Gasteiger partial charge in [-0.05, 0) is 44.1 Å². The molecule has 6 heteroatoms. The number of aromatic nitrogens is 2. The number of amides is 1. The summed E-state index contributed by atoms with van der Waals surface area (Å²) in [6.07, 6.45) is 2.34. The zero-order valence-corrected chi connectivity index (χ0v) is 17.2. The Morgan fingerprint density at radius 1 is 1.14 bits per heavy atom. The fourth-order valence-corrected chi connectivity index (χ4v) is 3.35. The molecule has 0 radical (unpaired) electrons. The first-order chi connectivity index (χ1) is 13.1. The molecule has 1 aromatic carbocycles. The second-order valence-corrected chi connectivity index (χ2v) is 7.73. The van der Waals surface area contributed by atoms with Crippen LogP contribution in [0.2, 0.25) is 0 Å². The lowest BCUT2D eigenvalue weighted by molar-refractivity contribution is -0.141. The van der Waals surface area contributed by atoms with E-state index in [-0.39, 0.29) is 17.0 Å². The predicted molar refractivity (Wildman–Crippen MR) is 109 cm³/mol. The molecule has 0 fully saturated rings. The third kappa shape index (κ3) is 4.55. The Morgan fingerprint density at radius 2 is 1.75 bits per heavy atom. The largest absolute Gasteiger partial charge is 0.481 e. The highest BCUT2D eigenvalue weighted by Gasteiger charge is 2.26. The van der Waals surface area contributed by atoms with Gasteiger partial charge in [0.15, 0.2) is 0 Å². The lowest BCUT2D eigenvalue weighted by Crippen LogP contribution is -2.23. The minimum Gasteiger partial charge on any atom is -0.481 e. The minimum atomic E-state index is -0.757. The van der Waals surface area contributed by atoms with Crippen LogP contribution in [0, 0.1) is 19.8 Å². The van der Waals surface area contributed by atoms with Crippen LogP contribution in [-0.2, 0) is 10.2 Å². The normalized spacial score (nSPS) is 14.3. The lowest BCUT2D eigenvalue weighted by Gasteiger charge is -2.30. The van der Waals surface area contributed by atoms with E-state index in [1.165, 1.54) is 0 Å². The Kier molecular flexibility index (Phi) is 6.54. The van der Waals surface area contributed by atoms with Crippen molar-refractivity contribution in [2.24, 2.45) is 11.7 Å². The Balaban J connectivity index is 2.33. The average molecular weight is 383 g/mol. The minimum absolute atomic E-state index is 0.103. The summed E-state index contributed by atoms with van der Waals surface area (Å²) in [6.45, 7) is 9.61. The van der Waals surface area contributed by atoms with Crippen LogP contribution in [0.1, 0.15) is 67.5 Å². The van der Waals surface area contributed by atoms with Crippen LogP contribution in [-0.4, -0.2) is 27.0 Å². The van der Waals surface area contributed by atoms with Gasteiger partial charge >= 0.3 is 5.97 Å². The number of rotatable bonds is 8. The van der Waals surface area contributed by atoms with Gasteiger partial charge in [-0.3, -0.25) is 14.6 Å². The number of nitrogens with two attached hydrogens (primary N) is 1. The molecule has 6 nitrogen and oxygen atoms in total. The molecule has 28 heavy (non-hydrogen) atoms. The molecule has 0 aliphatic carbocycles. The van der Waals surface area contributed by atoms with Gasteiger partial charge < -0.3 is 10.8 Å². The smallest absolute Gasteiger partial charge is 0.306 e. The van der Waals surface area contributed by atoms with E-state index < -0.39 is 11.9 Å². The number of nitrogens with zero attached hydrogens (tertiary/aromatic N) is 2. The van der Waals surface area contributed by atoms with Gasteiger partial charge in [0, 0.05) is 5.56 Å². The molecule has 3 N–H and O–H groups in total. The van der Waals surface area contributed by atoms with E-state index >= 15 is 0 Å². The Labute approximate surface area is 166 Å². The fourth-order valence-electron chi connectivity index (χ4n) is 3.35. The molecule has 2 unspecified atom stereocenters. The number of hydrogen-bond donors (Lipinski definition) is 2. The van der Waals surface area contributed by atoms with Crippen molar-refractivity contribution in [3.05, 3.63) is 46.9 Å². The number of aliphatic carboxylic acids is 1. The maximum absolute atomic E-state index is 11.6. The van der Waals surface area contributed by atoms with Crippen LogP contribution in [0.25, 0.3) is 11.3 Å². The number of primary amides is 1. The monoisotopic (exact) mass is 383 g/mol. The molecule has 1 heterocycles. The topological polar surface area (TPSA) is 106 Å². The highest BCUT2D eigenvalue weighted by Crippen LogP contribution is 2.35. The van der Waals surface area contributed by atoms with Crippen molar-refractivity contribution in [3.63, 3.8) is 0 Å². The quantitative estimate of drug-likeness (QED) is 0.716. The van der Waals surface area contributed by atoms with Crippen molar-refractivity contribution in [1.29, 1.82) is 0 Å². The van der Waals surface area contributed by atoms with E-state index in [9.17, 15) is 9.59 Å². The van der Waals surface area contributed by atoms with Crippen molar-refractivity contribution in [3.8, 4) is 11.3 Å². The van der Waals surface area contributed by atoms with Crippen LogP contribution in [0.15, 0.2) is 24.3 Å². The van der Waals surface area contributed by atoms with Crippen molar-refractivity contribution in [2.75, 3.05) is 0 Å². The zero-order valence-electron chi connectivity index (χ0n) is 17.2. The van der Waals surface area contributed by atoms with Crippen LogP contribution < -0.4 is 5.73 Å². The van der Waals surface area contributed by atoms with Crippen LogP contribution in [0.3, 0.4) is 0 Å². The van der Waals surface area contributed by atoms with Gasteiger partial charge in [-0.1, -0.05) is 45.0 Å². The summed E-state index contributed by atoms with van der Waals surface area (Å²) in [6, 6.07) is 8.05. The van der Waals surface area contributed by atoms with Gasteiger partial charge in [0.1, 0.15) is 5.69 Å². The number of benzene rings is 1. The summed E-state index contributed by atoms with van der Waals surface area (Å²) in [4.78, 5) is 31.6. The molecule has 0 bridgehead atoms. The van der Waals surface area contributed by atoms with E-state index in [4.69, 9.17) is 10.8 Å². The number of hydrogen-bond acceptors (Lipinski definition) is 4. The molecule has 150 valence electrons. The Morgan fingerprint density at radius 3 is 2.25 bits per heavy atom. The molecule has 0 saturated heterocycles. The van der Waals surface area contributed by atoms with Crippen molar-refractivity contribution >= 4 is 11.9 Å². The zero-order chi connectivity index (χ0) is 21.1. The molecule has 1 amide bonds. The van der Waals surface area contributed by atoms with Gasteiger partial charge in [-0.25, -0.2) is 4.98 Å². The number of carbonyl (C=O) groups excluding carboxylic acids is 1. The van der Waals surface area contributed by atoms with Gasteiger partial charge in [-0.15, -0.1) is 0 Å². The molecule has 2 atom stereocenters. The standard InChI is InChI=1S/C22H29N3O3/c1-6-22(5,12-11-13(2)21(27)28)17-9-7-16(8-10-17)18-14(3)24-15(4)19(25-18)20(23)26/h7-10,13H,6,11-12H2,1-5H3,(H2,23,26)(H,27,28). The second kappa shape index (κ2) is 8.50. The highest BCUT2D eigenvalue weighted by atomic mass is 16.4. The van der Waals surface area contributed by atoms with E-state index in [1.807, 2.05) is 19.1 Å². The summed E-state index contributed by atoms with van der Waals surface area (Å²) in [5.41, 5.74) is 9.42. The van der Waals surface area contributed by atoms with E-state index in [2.05, 4.69) is 35.9 Å². The summed E-state index contributed by atoms with van der Waals surface area (Å²) in [7, 11) is 0. The van der Waals surface area contributed by atoms with Crippen molar-refractivity contribution in [1.82, 2.24) is 9.97 Å². The maximum atomic E-state index is 11.6. The first kappa shape index (κ1) is 21.5. The Hall–Kier alpha value is -2.76. The SMILES string of the molecule is CCC(C)(CCC(C)C(=O)O)c1ccc(-c2nc(C(N)=O)c(C)nc2C)cc1. The molecule has 1 aromatic heterocycles. The van der Waals surface area contributed by atoms with Crippen molar-refractivity contribution < 1.29 is 14.7 Å². The maximum Gasteiger partial charge on any atom is 0.306 e. The third-order valence-corrected chi connectivity index (χ3v) is 5.66. The second-order valence-electron chi connectivity index (χ2n) is 7.73. The Bertz CT molecular complexity index is 877. The van der Waals surface area contributed by atoms with Gasteiger partial charge in [0.05, 0.1) is 23.0 Å². The summed E-state index contributed by atoms with van der Waals surface area (Å²) < 4.78 is 0. The molecule has 0 aliphatic heterocycles. The lowest BCUT2D eigenvalue weighted by atomic mass is 9.75. The third-order valence-electron chi connectivity index (χ3n) is 5.66. The van der Waals surface area contributed by atoms with Crippen LogP contribution in [0.4, 0.5) is 0 Å². The van der Waals surface area contributed by atoms with Gasteiger partial charge in [-0.2, -0.15) is 0 Å². The molecule has 2 rings (SSSR count). The van der Waals surface area contributed by atoms with Crippen LogP contribution in [0.5, 0.6) is 0 Å². The average Bonchev–Trinajstić information content (AvgIpc) is 2.65. The summed E-state index contributed by atoms with van der Waals surface area (Å²) in [5, 5.41) is 9.15.